The molecular formula is C17H33N3O. The van der Waals surface area contributed by atoms with Crippen LogP contribution in [0.25, 0.3) is 0 Å². The van der Waals surface area contributed by atoms with Crippen LogP contribution in [0.15, 0.2) is 0 Å². The highest BCUT2D eigenvalue weighted by atomic mass is 16.1. The quantitative estimate of drug-likeness (QED) is 0.731. The molecule has 4 nitrogen and oxygen atoms in total. The van der Waals surface area contributed by atoms with Crippen molar-refractivity contribution in [2.75, 3.05) is 45.8 Å². The maximum Gasteiger partial charge on any atom is 0.224 e. The van der Waals surface area contributed by atoms with Gasteiger partial charge in [0.15, 0.2) is 0 Å². The highest BCUT2D eigenvalue weighted by Crippen LogP contribution is 2.17. The van der Waals surface area contributed by atoms with Crippen molar-refractivity contribution in [1.82, 2.24) is 15.1 Å². The molecule has 2 aliphatic heterocycles. The molecule has 0 spiro atoms. The first-order valence-corrected chi connectivity index (χ1v) is 9.02. The maximum absolute atomic E-state index is 12.2. The van der Waals surface area contributed by atoms with Gasteiger partial charge >= 0.3 is 0 Å². The summed E-state index contributed by atoms with van der Waals surface area (Å²) in [4.78, 5) is 17.3. The largest absolute Gasteiger partial charge is 0.356 e. The van der Waals surface area contributed by atoms with Gasteiger partial charge < -0.3 is 15.1 Å². The summed E-state index contributed by atoms with van der Waals surface area (Å²) in [5.74, 6) is 0.503. The van der Waals surface area contributed by atoms with Crippen molar-refractivity contribution >= 4 is 5.91 Å². The molecule has 1 unspecified atom stereocenters. The molecule has 2 fully saturated rings. The Bertz CT molecular complexity index is 302. The molecule has 0 radical (unpaired) electrons. The van der Waals surface area contributed by atoms with Crippen LogP contribution in [-0.4, -0.2) is 61.5 Å². The van der Waals surface area contributed by atoms with Crippen molar-refractivity contribution in [3.05, 3.63) is 0 Å². The van der Waals surface area contributed by atoms with E-state index in [0.717, 1.165) is 38.9 Å². The Morgan fingerprint density at radius 1 is 1.05 bits per heavy atom. The number of hydrogen-bond donors (Lipinski definition) is 1. The zero-order valence-electron chi connectivity index (χ0n) is 13.8. The van der Waals surface area contributed by atoms with Crippen molar-refractivity contribution < 1.29 is 4.79 Å². The van der Waals surface area contributed by atoms with Crippen LogP contribution in [0.2, 0.25) is 0 Å². The third kappa shape index (κ3) is 5.95. The van der Waals surface area contributed by atoms with Crippen LogP contribution >= 0.6 is 0 Å². The first-order valence-electron chi connectivity index (χ1n) is 9.02. The Labute approximate surface area is 130 Å². The second-order valence-corrected chi connectivity index (χ2v) is 6.69. The molecule has 0 aromatic carbocycles. The van der Waals surface area contributed by atoms with Gasteiger partial charge in [-0.05, 0) is 51.7 Å². The molecule has 0 bridgehead atoms. The Morgan fingerprint density at radius 3 is 2.52 bits per heavy atom. The second-order valence-electron chi connectivity index (χ2n) is 6.69. The number of carbonyl (C=O) groups is 1. The molecule has 2 rings (SSSR count). The first-order chi connectivity index (χ1) is 10.3. The molecule has 122 valence electrons. The summed E-state index contributed by atoms with van der Waals surface area (Å²) in [5.41, 5.74) is 0. The summed E-state index contributed by atoms with van der Waals surface area (Å²) in [6.07, 6.45) is 8.61. The Kier molecular flexibility index (Phi) is 7.51. The van der Waals surface area contributed by atoms with Gasteiger partial charge in [-0.3, -0.25) is 4.79 Å². The lowest BCUT2D eigenvalue weighted by Crippen LogP contribution is -2.46. The SMILES string of the molecule is CCCCNC(=O)C1CCCN(CCN2CCCCC2)C1. The Balaban J connectivity index is 1.66. The van der Waals surface area contributed by atoms with Gasteiger partial charge in [-0.25, -0.2) is 0 Å². The van der Waals surface area contributed by atoms with Gasteiger partial charge in [0.2, 0.25) is 5.91 Å². The zero-order chi connectivity index (χ0) is 14.9. The highest BCUT2D eigenvalue weighted by molar-refractivity contribution is 5.78. The number of likely N-dealkylation sites (tertiary alicyclic amines) is 2. The molecule has 2 saturated heterocycles. The Hall–Kier alpha value is -0.610. The predicted octanol–water partition coefficient (Wildman–Crippen LogP) is 2.10. The van der Waals surface area contributed by atoms with E-state index in [1.165, 1.54) is 51.9 Å². The molecule has 2 aliphatic rings. The molecule has 0 aromatic heterocycles. The topological polar surface area (TPSA) is 35.6 Å². The number of nitrogens with zero attached hydrogens (tertiary/aromatic N) is 2. The Morgan fingerprint density at radius 2 is 1.76 bits per heavy atom. The fraction of sp³-hybridized carbons (Fsp3) is 0.941. The van der Waals surface area contributed by atoms with Crippen molar-refractivity contribution in [2.45, 2.75) is 51.9 Å². The fourth-order valence-corrected chi connectivity index (χ4v) is 3.47. The molecule has 21 heavy (non-hydrogen) atoms. The molecule has 0 saturated carbocycles. The number of rotatable bonds is 7. The van der Waals surface area contributed by atoms with Crippen molar-refractivity contribution in [2.24, 2.45) is 5.92 Å². The van der Waals surface area contributed by atoms with Crippen LogP contribution in [0.4, 0.5) is 0 Å². The summed E-state index contributed by atoms with van der Waals surface area (Å²) < 4.78 is 0. The highest BCUT2D eigenvalue weighted by Gasteiger charge is 2.25. The van der Waals surface area contributed by atoms with Crippen molar-refractivity contribution in [3.63, 3.8) is 0 Å². The summed E-state index contributed by atoms with van der Waals surface area (Å²) in [6.45, 7) is 10.0. The lowest BCUT2D eigenvalue weighted by molar-refractivity contribution is -0.126. The van der Waals surface area contributed by atoms with Gasteiger partial charge in [0, 0.05) is 26.2 Å². The van der Waals surface area contributed by atoms with E-state index in [4.69, 9.17) is 0 Å². The van der Waals surface area contributed by atoms with Crippen LogP contribution in [0, 0.1) is 5.92 Å². The summed E-state index contributed by atoms with van der Waals surface area (Å²) in [6, 6.07) is 0. The van der Waals surface area contributed by atoms with Crippen molar-refractivity contribution in [1.29, 1.82) is 0 Å². The number of carbonyl (C=O) groups excluding carboxylic acids is 1. The van der Waals surface area contributed by atoms with E-state index in [1.807, 2.05) is 0 Å². The van der Waals surface area contributed by atoms with E-state index in [2.05, 4.69) is 22.0 Å². The van der Waals surface area contributed by atoms with Crippen molar-refractivity contribution in [3.8, 4) is 0 Å². The van der Waals surface area contributed by atoms with Gasteiger partial charge in [-0.1, -0.05) is 19.8 Å². The van der Waals surface area contributed by atoms with E-state index in [1.54, 1.807) is 0 Å². The summed E-state index contributed by atoms with van der Waals surface area (Å²) >= 11 is 0. The second kappa shape index (κ2) is 9.42. The van der Waals surface area contributed by atoms with E-state index >= 15 is 0 Å². The normalized spacial score (nSPS) is 24.9. The molecule has 1 amide bonds. The third-order valence-electron chi connectivity index (χ3n) is 4.89. The average Bonchev–Trinajstić information content (AvgIpc) is 2.54. The lowest BCUT2D eigenvalue weighted by atomic mass is 9.97. The first kappa shape index (κ1) is 16.8. The van der Waals surface area contributed by atoms with Crippen LogP contribution in [0.5, 0.6) is 0 Å². The van der Waals surface area contributed by atoms with Crippen LogP contribution in [0.1, 0.15) is 51.9 Å². The predicted molar refractivity (Wildman–Crippen MR) is 87.4 cm³/mol. The number of nitrogens with one attached hydrogen (secondary N) is 1. The smallest absolute Gasteiger partial charge is 0.224 e. The summed E-state index contributed by atoms with van der Waals surface area (Å²) in [5, 5.41) is 3.10. The number of amides is 1. The van der Waals surface area contributed by atoms with E-state index in [9.17, 15) is 4.79 Å². The molecule has 0 aromatic rings. The van der Waals surface area contributed by atoms with E-state index in [-0.39, 0.29) is 11.8 Å². The molecule has 0 aliphatic carbocycles. The molecular weight excluding hydrogens is 262 g/mol. The third-order valence-corrected chi connectivity index (χ3v) is 4.89. The van der Waals surface area contributed by atoms with Crippen LogP contribution < -0.4 is 5.32 Å². The van der Waals surface area contributed by atoms with Gasteiger partial charge in [-0.15, -0.1) is 0 Å². The van der Waals surface area contributed by atoms with Crippen LogP contribution in [-0.2, 0) is 4.79 Å². The van der Waals surface area contributed by atoms with Gasteiger partial charge in [0.05, 0.1) is 5.92 Å². The molecule has 1 atom stereocenters. The van der Waals surface area contributed by atoms with Gasteiger partial charge in [0.25, 0.3) is 0 Å². The van der Waals surface area contributed by atoms with E-state index in [0.29, 0.717) is 0 Å². The summed E-state index contributed by atoms with van der Waals surface area (Å²) in [7, 11) is 0. The minimum atomic E-state index is 0.219. The average molecular weight is 295 g/mol. The monoisotopic (exact) mass is 295 g/mol. The number of unbranched alkanes of at least 4 members (excludes halogenated alkanes) is 1. The van der Waals surface area contributed by atoms with Gasteiger partial charge in [-0.2, -0.15) is 0 Å². The molecule has 4 heteroatoms. The van der Waals surface area contributed by atoms with Crippen LogP contribution in [0.3, 0.4) is 0 Å². The number of hydrogen-bond acceptors (Lipinski definition) is 3. The number of piperidine rings is 2. The van der Waals surface area contributed by atoms with Gasteiger partial charge in [0.1, 0.15) is 0 Å². The molecule has 2 heterocycles. The minimum absolute atomic E-state index is 0.219. The standard InChI is InChI=1S/C17H33N3O/c1-2-3-9-18-17(21)16-8-7-12-20(15-16)14-13-19-10-5-4-6-11-19/h16H,2-15H2,1H3,(H,18,21). The fourth-order valence-electron chi connectivity index (χ4n) is 3.47. The lowest BCUT2D eigenvalue weighted by Gasteiger charge is -2.34. The minimum Gasteiger partial charge on any atom is -0.356 e. The molecule has 1 N–H and O–H groups in total. The van der Waals surface area contributed by atoms with E-state index < -0.39 is 0 Å². The maximum atomic E-state index is 12.2. The zero-order valence-corrected chi connectivity index (χ0v) is 13.8.